The van der Waals surface area contributed by atoms with Crippen LogP contribution in [0.15, 0.2) is 24.3 Å². The molecule has 1 aliphatic heterocycles. The lowest BCUT2D eigenvalue weighted by atomic mass is 10.1. The summed E-state index contributed by atoms with van der Waals surface area (Å²) in [4.78, 5) is 25.3. The van der Waals surface area contributed by atoms with Gasteiger partial charge < -0.3 is 14.7 Å². The van der Waals surface area contributed by atoms with Gasteiger partial charge in [-0.1, -0.05) is 12.1 Å². The number of phenols is 1. The molecular formula is C14H16FNO6S. The Morgan fingerprint density at radius 1 is 1.43 bits per heavy atom. The van der Waals surface area contributed by atoms with Crippen LogP contribution in [0.4, 0.5) is 3.89 Å². The molecule has 2 atom stereocenters. The SMILES string of the molecule is COC(=O)[C@@H](c1ccc(O)cc1)N1CC(CS(=O)(=O)F)CC1=O. The Labute approximate surface area is 132 Å². The summed E-state index contributed by atoms with van der Waals surface area (Å²) in [5, 5.41) is 9.32. The number of methoxy groups -OCH3 is 1. The predicted molar refractivity (Wildman–Crippen MR) is 77.6 cm³/mol. The number of carbonyl (C=O) groups is 2. The molecule has 1 heterocycles. The van der Waals surface area contributed by atoms with Gasteiger partial charge in [-0.2, -0.15) is 8.42 Å². The number of hydrogen-bond acceptors (Lipinski definition) is 6. The van der Waals surface area contributed by atoms with Crippen molar-refractivity contribution in [3.05, 3.63) is 29.8 Å². The molecular weight excluding hydrogens is 329 g/mol. The van der Waals surface area contributed by atoms with Gasteiger partial charge in [0.05, 0.1) is 12.9 Å². The van der Waals surface area contributed by atoms with Gasteiger partial charge in [-0.3, -0.25) is 4.79 Å². The molecule has 7 nitrogen and oxygen atoms in total. The first-order chi connectivity index (χ1) is 10.7. The Bertz CT molecular complexity index is 702. The van der Waals surface area contributed by atoms with Crippen LogP contribution in [0.25, 0.3) is 0 Å². The summed E-state index contributed by atoms with van der Waals surface area (Å²) in [6, 6.07) is 4.57. The molecule has 0 saturated carbocycles. The molecule has 1 aliphatic rings. The van der Waals surface area contributed by atoms with Crippen molar-refractivity contribution in [3.8, 4) is 5.75 Å². The van der Waals surface area contributed by atoms with E-state index >= 15 is 0 Å². The Kier molecular flexibility index (Phi) is 4.88. The van der Waals surface area contributed by atoms with E-state index in [-0.39, 0.29) is 18.7 Å². The van der Waals surface area contributed by atoms with Crippen LogP contribution in [0, 0.1) is 5.92 Å². The van der Waals surface area contributed by atoms with Crippen molar-refractivity contribution in [2.75, 3.05) is 19.4 Å². The number of halogens is 1. The second-order valence-electron chi connectivity index (χ2n) is 5.34. The fraction of sp³-hybridized carbons (Fsp3) is 0.429. The molecule has 0 spiro atoms. The average Bonchev–Trinajstić information content (AvgIpc) is 2.79. The van der Waals surface area contributed by atoms with Gasteiger partial charge in [0.2, 0.25) is 5.91 Å². The maximum atomic E-state index is 12.8. The lowest BCUT2D eigenvalue weighted by molar-refractivity contribution is -0.151. The lowest BCUT2D eigenvalue weighted by Gasteiger charge is -2.26. The Morgan fingerprint density at radius 2 is 2.04 bits per heavy atom. The van der Waals surface area contributed by atoms with Crippen LogP contribution < -0.4 is 0 Å². The van der Waals surface area contributed by atoms with Gasteiger partial charge in [0.25, 0.3) is 0 Å². The number of esters is 1. The quantitative estimate of drug-likeness (QED) is 0.624. The first-order valence-corrected chi connectivity index (χ1v) is 8.35. The third-order valence-corrected chi connectivity index (χ3v) is 4.49. The maximum absolute atomic E-state index is 12.8. The molecule has 9 heteroatoms. The summed E-state index contributed by atoms with van der Waals surface area (Å²) in [5.74, 6) is -2.65. The molecule has 0 bridgehead atoms. The van der Waals surface area contributed by atoms with E-state index in [1.165, 1.54) is 36.3 Å². The number of rotatable bonds is 5. The van der Waals surface area contributed by atoms with E-state index in [0.717, 1.165) is 0 Å². The minimum Gasteiger partial charge on any atom is -0.508 e. The van der Waals surface area contributed by atoms with Gasteiger partial charge in [-0.15, -0.1) is 3.89 Å². The molecule has 1 aromatic rings. The van der Waals surface area contributed by atoms with Crippen molar-refractivity contribution < 1.29 is 31.7 Å². The van der Waals surface area contributed by atoms with Gasteiger partial charge >= 0.3 is 16.2 Å². The van der Waals surface area contributed by atoms with Gasteiger partial charge in [-0.25, -0.2) is 4.79 Å². The van der Waals surface area contributed by atoms with Gasteiger partial charge in [0.15, 0.2) is 6.04 Å². The third kappa shape index (κ3) is 4.19. The Morgan fingerprint density at radius 3 is 2.57 bits per heavy atom. The molecule has 1 aromatic carbocycles. The standard InChI is InChI=1S/C14H16FNO6S/c1-22-14(19)13(10-2-4-11(17)5-3-10)16-7-9(6-12(16)18)8-23(15,20)21/h2-5,9,13,17H,6-8H2,1H3/t9?,13-/m1/s1. The molecule has 2 rings (SSSR count). The highest BCUT2D eigenvalue weighted by Crippen LogP contribution is 2.31. The molecule has 0 aromatic heterocycles. The highest BCUT2D eigenvalue weighted by atomic mass is 32.3. The monoisotopic (exact) mass is 345 g/mol. The van der Waals surface area contributed by atoms with E-state index in [1.54, 1.807) is 0 Å². The number of nitrogens with zero attached hydrogens (tertiary/aromatic N) is 1. The summed E-state index contributed by atoms with van der Waals surface area (Å²) in [5.41, 5.74) is 0.409. The normalized spacial score (nSPS) is 19.7. The van der Waals surface area contributed by atoms with E-state index < -0.39 is 39.8 Å². The Hall–Kier alpha value is -2.16. The van der Waals surface area contributed by atoms with Gasteiger partial charge in [0.1, 0.15) is 5.75 Å². The molecule has 1 unspecified atom stereocenters. The van der Waals surface area contributed by atoms with Crippen molar-refractivity contribution in [1.82, 2.24) is 4.90 Å². The Balaban J connectivity index is 2.28. The topological polar surface area (TPSA) is 101 Å². The third-order valence-electron chi connectivity index (χ3n) is 3.62. The first kappa shape index (κ1) is 17.2. The van der Waals surface area contributed by atoms with Gasteiger partial charge in [0, 0.05) is 18.9 Å². The summed E-state index contributed by atoms with van der Waals surface area (Å²) < 4.78 is 39.0. The number of likely N-dealkylation sites (tertiary alicyclic amines) is 1. The van der Waals surface area contributed by atoms with Crippen LogP contribution in [-0.2, 0) is 24.5 Å². The van der Waals surface area contributed by atoms with E-state index in [1.807, 2.05) is 0 Å². The molecule has 1 saturated heterocycles. The highest BCUT2D eigenvalue weighted by molar-refractivity contribution is 7.86. The molecule has 0 aliphatic carbocycles. The largest absolute Gasteiger partial charge is 0.508 e. The number of ether oxygens (including phenoxy) is 1. The average molecular weight is 345 g/mol. The van der Waals surface area contributed by atoms with Gasteiger partial charge in [-0.05, 0) is 17.7 Å². The second-order valence-corrected chi connectivity index (χ2v) is 6.75. The molecule has 0 radical (unpaired) electrons. The summed E-state index contributed by atoms with van der Waals surface area (Å²) >= 11 is 0. The highest BCUT2D eigenvalue weighted by Gasteiger charge is 2.40. The van der Waals surface area contributed by atoms with Crippen LogP contribution in [0.2, 0.25) is 0 Å². The van der Waals surface area contributed by atoms with Crippen molar-refractivity contribution in [1.29, 1.82) is 0 Å². The fourth-order valence-electron chi connectivity index (χ4n) is 2.66. The molecule has 1 fully saturated rings. The van der Waals surface area contributed by atoms with Crippen LogP contribution in [-0.4, -0.2) is 49.7 Å². The number of benzene rings is 1. The summed E-state index contributed by atoms with van der Waals surface area (Å²) in [7, 11) is -3.54. The summed E-state index contributed by atoms with van der Waals surface area (Å²) in [6.45, 7) is -0.0668. The fourth-order valence-corrected chi connectivity index (χ4v) is 3.45. The van der Waals surface area contributed by atoms with E-state index in [0.29, 0.717) is 5.56 Å². The maximum Gasteiger partial charge on any atom is 0.333 e. The first-order valence-electron chi connectivity index (χ1n) is 6.80. The number of amides is 1. The van der Waals surface area contributed by atoms with Crippen molar-refractivity contribution >= 4 is 22.1 Å². The zero-order valence-corrected chi connectivity index (χ0v) is 13.1. The van der Waals surface area contributed by atoms with Crippen LogP contribution >= 0.6 is 0 Å². The zero-order chi connectivity index (χ0) is 17.2. The van der Waals surface area contributed by atoms with E-state index in [2.05, 4.69) is 0 Å². The number of carbonyl (C=O) groups excluding carboxylic acids is 2. The molecule has 23 heavy (non-hydrogen) atoms. The number of hydrogen-bond donors (Lipinski definition) is 1. The van der Waals surface area contributed by atoms with Crippen LogP contribution in [0.3, 0.4) is 0 Å². The summed E-state index contributed by atoms with van der Waals surface area (Å²) in [6.07, 6.45) is -0.158. The van der Waals surface area contributed by atoms with E-state index in [9.17, 15) is 27.0 Å². The minimum absolute atomic E-state index is 0.00786. The molecule has 1 N–H and O–H groups in total. The number of phenolic OH excluding ortho intramolecular Hbond substituents is 1. The smallest absolute Gasteiger partial charge is 0.333 e. The minimum atomic E-state index is -4.70. The van der Waals surface area contributed by atoms with Crippen LogP contribution in [0.1, 0.15) is 18.0 Å². The van der Waals surface area contributed by atoms with Crippen molar-refractivity contribution in [3.63, 3.8) is 0 Å². The van der Waals surface area contributed by atoms with Crippen LogP contribution in [0.5, 0.6) is 5.75 Å². The molecule has 126 valence electrons. The second kappa shape index (κ2) is 6.53. The van der Waals surface area contributed by atoms with Crippen molar-refractivity contribution in [2.45, 2.75) is 12.5 Å². The predicted octanol–water partition coefficient (Wildman–Crippen LogP) is 0.754. The molecule has 1 amide bonds. The number of aromatic hydroxyl groups is 1. The zero-order valence-electron chi connectivity index (χ0n) is 12.3. The van der Waals surface area contributed by atoms with Crippen molar-refractivity contribution in [2.24, 2.45) is 5.92 Å². The van der Waals surface area contributed by atoms with E-state index in [4.69, 9.17) is 4.74 Å². The lowest BCUT2D eigenvalue weighted by Crippen LogP contribution is -2.36.